The summed E-state index contributed by atoms with van der Waals surface area (Å²) in [6, 6.07) is 6.31. The third-order valence-corrected chi connectivity index (χ3v) is 4.18. The van der Waals surface area contributed by atoms with Gasteiger partial charge in [0.25, 0.3) is 5.56 Å². The fourth-order valence-corrected chi connectivity index (χ4v) is 2.41. The van der Waals surface area contributed by atoms with Gasteiger partial charge in [0.2, 0.25) is 5.91 Å². The van der Waals surface area contributed by atoms with Gasteiger partial charge in [-0.05, 0) is 23.8 Å². The first-order valence-corrected chi connectivity index (χ1v) is 7.79. The van der Waals surface area contributed by atoms with Crippen LogP contribution in [0.2, 0.25) is 10.0 Å². The minimum atomic E-state index is -4.59. The molecule has 25 heavy (non-hydrogen) atoms. The van der Waals surface area contributed by atoms with Crippen LogP contribution < -0.4 is 5.56 Å². The first kappa shape index (κ1) is 19.3. The number of likely N-dealkylation sites (N-methyl/N-ethyl adjacent to an activating group) is 1. The lowest BCUT2D eigenvalue weighted by atomic mass is 10.2. The fraction of sp³-hybridized carbons (Fsp3) is 0.250. The number of halogens is 5. The molecule has 4 nitrogen and oxygen atoms in total. The van der Waals surface area contributed by atoms with Crippen molar-refractivity contribution in [2.75, 3.05) is 7.05 Å². The smallest absolute Gasteiger partial charge is 0.340 e. The highest BCUT2D eigenvalue weighted by Crippen LogP contribution is 2.28. The molecule has 1 heterocycles. The Balaban J connectivity index is 2.13. The quantitative estimate of drug-likeness (QED) is 0.793. The van der Waals surface area contributed by atoms with E-state index in [0.29, 0.717) is 27.9 Å². The lowest BCUT2D eigenvalue weighted by molar-refractivity contribution is -0.138. The van der Waals surface area contributed by atoms with Gasteiger partial charge in [-0.3, -0.25) is 9.59 Å². The van der Waals surface area contributed by atoms with Crippen LogP contribution in [0, 0.1) is 0 Å². The molecule has 0 N–H and O–H groups in total. The van der Waals surface area contributed by atoms with Gasteiger partial charge in [0.1, 0.15) is 6.54 Å². The Hall–Kier alpha value is -1.99. The summed E-state index contributed by atoms with van der Waals surface area (Å²) in [6.45, 7) is -0.329. The number of rotatable bonds is 4. The molecule has 1 amide bonds. The lowest BCUT2D eigenvalue weighted by Gasteiger charge is -2.19. The van der Waals surface area contributed by atoms with Crippen LogP contribution >= 0.6 is 23.2 Å². The third kappa shape index (κ3) is 4.99. The Morgan fingerprint density at radius 2 is 1.84 bits per heavy atom. The van der Waals surface area contributed by atoms with Gasteiger partial charge >= 0.3 is 6.18 Å². The van der Waals surface area contributed by atoms with E-state index >= 15 is 0 Å². The molecule has 0 bridgehead atoms. The number of alkyl halides is 3. The molecule has 2 rings (SSSR count). The monoisotopic (exact) mass is 392 g/mol. The zero-order valence-electron chi connectivity index (χ0n) is 13.0. The third-order valence-electron chi connectivity index (χ3n) is 3.45. The summed E-state index contributed by atoms with van der Waals surface area (Å²) in [6.07, 6.45) is -3.96. The summed E-state index contributed by atoms with van der Waals surface area (Å²) in [4.78, 5) is 25.2. The summed E-state index contributed by atoms with van der Waals surface area (Å²) >= 11 is 11.7. The molecule has 0 unspecified atom stereocenters. The summed E-state index contributed by atoms with van der Waals surface area (Å²) in [7, 11) is 1.48. The Labute approximate surface area is 151 Å². The topological polar surface area (TPSA) is 42.3 Å². The average molecular weight is 393 g/mol. The molecule has 0 radical (unpaired) electrons. The number of hydrogen-bond donors (Lipinski definition) is 0. The largest absolute Gasteiger partial charge is 0.417 e. The van der Waals surface area contributed by atoms with Crippen LogP contribution in [0.1, 0.15) is 11.1 Å². The van der Waals surface area contributed by atoms with Crippen molar-refractivity contribution in [2.24, 2.45) is 0 Å². The van der Waals surface area contributed by atoms with Gasteiger partial charge in [0.05, 0.1) is 15.6 Å². The normalized spacial score (nSPS) is 11.4. The SMILES string of the molecule is CN(Cc1ccc(Cl)c(Cl)c1)C(=O)Cn1cc(C(F)(F)F)ccc1=O. The Morgan fingerprint density at radius 3 is 2.44 bits per heavy atom. The summed E-state index contributed by atoms with van der Waals surface area (Å²) in [5.74, 6) is -0.521. The molecule has 1 aromatic carbocycles. The molecule has 2 aromatic rings. The number of hydrogen-bond acceptors (Lipinski definition) is 2. The van der Waals surface area contributed by atoms with Crippen LogP contribution in [-0.2, 0) is 24.1 Å². The molecule has 134 valence electrons. The van der Waals surface area contributed by atoms with Gasteiger partial charge < -0.3 is 9.47 Å². The van der Waals surface area contributed by atoms with E-state index in [4.69, 9.17) is 23.2 Å². The predicted molar refractivity (Wildman–Crippen MR) is 88.6 cm³/mol. The molecule has 0 fully saturated rings. The Morgan fingerprint density at radius 1 is 1.16 bits per heavy atom. The number of aromatic nitrogens is 1. The average Bonchev–Trinajstić information content (AvgIpc) is 2.51. The van der Waals surface area contributed by atoms with Gasteiger partial charge in [0, 0.05) is 25.9 Å². The van der Waals surface area contributed by atoms with E-state index in [1.807, 2.05) is 0 Å². The van der Waals surface area contributed by atoms with E-state index in [-0.39, 0.29) is 6.54 Å². The molecule has 0 saturated heterocycles. The van der Waals surface area contributed by atoms with Crippen LogP contribution in [0.25, 0.3) is 0 Å². The highest BCUT2D eigenvalue weighted by Gasteiger charge is 2.31. The molecule has 1 aromatic heterocycles. The summed E-state index contributed by atoms with van der Waals surface area (Å²) in [5, 5.41) is 0.698. The predicted octanol–water partition coefficient (Wildman–Crippen LogP) is 3.83. The second-order valence-corrected chi connectivity index (χ2v) is 6.19. The van der Waals surface area contributed by atoms with Crippen molar-refractivity contribution in [1.82, 2.24) is 9.47 Å². The number of carbonyl (C=O) groups excluding carboxylic acids is 1. The van der Waals surface area contributed by atoms with Crippen LogP contribution in [0.4, 0.5) is 13.2 Å². The number of amides is 1. The minimum absolute atomic E-state index is 0.170. The van der Waals surface area contributed by atoms with Crippen molar-refractivity contribution in [1.29, 1.82) is 0 Å². The van der Waals surface area contributed by atoms with E-state index in [1.54, 1.807) is 18.2 Å². The summed E-state index contributed by atoms with van der Waals surface area (Å²) < 4.78 is 38.9. The molecule has 0 saturated carbocycles. The van der Waals surface area contributed by atoms with E-state index in [1.165, 1.54) is 11.9 Å². The maximum Gasteiger partial charge on any atom is 0.417 e. The molecule has 0 aliphatic carbocycles. The first-order chi connectivity index (χ1) is 11.6. The first-order valence-electron chi connectivity index (χ1n) is 7.03. The van der Waals surface area contributed by atoms with Crippen LogP contribution in [-0.4, -0.2) is 22.4 Å². The van der Waals surface area contributed by atoms with E-state index < -0.39 is 29.8 Å². The van der Waals surface area contributed by atoms with Gasteiger partial charge in [0.15, 0.2) is 0 Å². The summed E-state index contributed by atoms with van der Waals surface area (Å²) in [5.41, 5.74) is -0.988. The minimum Gasteiger partial charge on any atom is -0.340 e. The van der Waals surface area contributed by atoms with Crippen LogP contribution in [0.3, 0.4) is 0 Å². The maximum atomic E-state index is 12.7. The zero-order chi connectivity index (χ0) is 18.8. The van der Waals surface area contributed by atoms with Gasteiger partial charge in [-0.1, -0.05) is 29.3 Å². The van der Waals surface area contributed by atoms with Crippen LogP contribution in [0.15, 0.2) is 41.3 Å². The lowest BCUT2D eigenvalue weighted by Crippen LogP contribution is -2.33. The van der Waals surface area contributed by atoms with Crippen molar-refractivity contribution in [3.63, 3.8) is 0 Å². The zero-order valence-corrected chi connectivity index (χ0v) is 14.5. The Kier molecular flexibility index (Phi) is 5.80. The molecule has 0 spiro atoms. The molecule has 9 heteroatoms. The van der Waals surface area contributed by atoms with Crippen molar-refractivity contribution in [3.8, 4) is 0 Å². The van der Waals surface area contributed by atoms with Crippen molar-refractivity contribution < 1.29 is 18.0 Å². The highest BCUT2D eigenvalue weighted by atomic mass is 35.5. The standard InChI is InChI=1S/C16H13Cl2F3N2O2/c1-22(7-10-2-4-12(17)13(18)6-10)15(25)9-23-8-11(16(19,20)21)3-5-14(23)24/h2-6,8H,7,9H2,1H3. The number of pyridine rings is 1. The number of carbonyl (C=O) groups is 1. The van der Waals surface area contributed by atoms with E-state index in [9.17, 15) is 22.8 Å². The molecular weight excluding hydrogens is 380 g/mol. The molecular formula is C16H13Cl2F3N2O2. The molecule has 0 aliphatic heterocycles. The van der Waals surface area contributed by atoms with Crippen molar-refractivity contribution in [2.45, 2.75) is 19.3 Å². The number of benzene rings is 1. The van der Waals surface area contributed by atoms with Gasteiger partial charge in [-0.15, -0.1) is 0 Å². The van der Waals surface area contributed by atoms with Crippen LogP contribution in [0.5, 0.6) is 0 Å². The highest BCUT2D eigenvalue weighted by molar-refractivity contribution is 6.42. The van der Waals surface area contributed by atoms with Crippen molar-refractivity contribution in [3.05, 3.63) is 68.1 Å². The Bertz CT molecular complexity index is 850. The molecule has 0 atom stereocenters. The van der Waals surface area contributed by atoms with Gasteiger partial charge in [-0.25, -0.2) is 0 Å². The van der Waals surface area contributed by atoms with E-state index in [2.05, 4.69) is 0 Å². The fourth-order valence-electron chi connectivity index (χ4n) is 2.09. The van der Waals surface area contributed by atoms with E-state index in [0.717, 1.165) is 10.6 Å². The van der Waals surface area contributed by atoms with Gasteiger partial charge in [-0.2, -0.15) is 13.2 Å². The maximum absolute atomic E-state index is 12.7. The van der Waals surface area contributed by atoms with Crippen molar-refractivity contribution >= 4 is 29.1 Å². The second-order valence-electron chi connectivity index (χ2n) is 5.38. The second kappa shape index (κ2) is 7.49. The molecule has 0 aliphatic rings. The number of nitrogens with zero attached hydrogens (tertiary/aromatic N) is 2.